The Bertz CT molecular complexity index is 934. The minimum absolute atomic E-state index is 0.216. The Morgan fingerprint density at radius 2 is 1.82 bits per heavy atom. The molecule has 1 fully saturated rings. The predicted molar refractivity (Wildman–Crippen MR) is 130 cm³/mol. The summed E-state index contributed by atoms with van der Waals surface area (Å²) < 4.78 is 23.4. The number of hydrogen-bond acceptors (Lipinski definition) is 6. The van der Waals surface area contributed by atoms with Gasteiger partial charge < -0.3 is 29.0 Å². The maximum Gasteiger partial charge on any atom is 0.285 e. The summed E-state index contributed by atoms with van der Waals surface area (Å²) >= 11 is 0. The van der Waals surface area contributed by atoms with Gasteiger partial charge in [-0.15, -0.1) is 6.58 Å². The van der Waals surface area contributed by atoms with Crippen LogP contribution in [0.15, 0.2) is 67.3 Å². The molecule has 1 aliphatic rings. The summed E-state index contributed by atoms with van der Waals surface area (Å²) in [6.45, 7) is 7.78. The van der Waals surface area contributed by atoms with E-state index in [2.05, 4.69) is 6.58 Å². The fourth-order valence-corrected chi connectivity index (χ4v) is 4.09. The van der Waals surface area contributed by atoms with Crippen LogP contribution in [-0.2, 0) is 14.3 Å². The normalized spacial score (nSPS) is 24.4. The molecule has 1 aliphatic heterocycles. The van der Waals surface area contributed by atoms with E-state index < -0.39 is 30.0 Å². The van der Waals surface area contributed by atoms with Gasteiger partial charge in [-0.25, -0.2) is 0 Å². The zero-order chi connectivity index (χ0) is 24.7. The monoisotopic (exact) mass is 469 g/mol. The van der Waals surface area contributed by atoms with Gasteiger partial charge in [-0.1, -0.05) is 43.3 Å². The number of carbonyl (C=O) groups excluding carboxylic acids is 1. The zero-order valence-corrected chi connectivity index (χ0v) is 20.3. The highest BCUT2D eigenvalue weighted by molar-refractivity contribution is 5.85. The van der Waals surface area contributed by atoms with Crippen LogP contribution in [0, 0.1) is 0 Å². The van der Waals surface area contributed by atoms with Crippen LogP contribution in [-0.4, -0.2) is 60.7 Å². The second-order valence-electron chi connectivity index (χ2n) is 8.47. The van der Waals surface area contributed by atoms with Crippen molar-refractivity contribution in [1.29, 1.82) is 0 Å². The number of nitrogens with zero attached hydrogens (tertiary/aromatic N) is 1. The van der Waals surface area contributed by atoms with Crippen LogP contribution < -0.4 is 9.47 Å². The van der Waals surface area contributed by atoms with Crippen LogP contribution in [0.2, 0.25) is 0 Å². The summed E-state index contributed by atoms with van der Waals surface area (Å²) in [6, 6.07) is 16.6. The van der Waals surface area contributed by atoms with Gasteiger partial charge in [0.25, 0.3) is 11.7 Å². The third kappa shape index (κ3) is 5.60. The number of amides is 1. The number of benzene rings is 2. The van der Waals surface area contributed by atoms with Crippen molar-refractivity contribution >= 4 is 5.91 Å². The van der Waals surface area contributed by atoms with E-state index in [9.17, 15) is 9.90 Å². The van der Waals surface area contributed by atoms with Crippen molar-refractivity contribution in [3.8, 4) is 11.5 Å². The first kappa shape index (κ1) is 25.7. The molecule has 0 unspecified atom stereocenters. The quantitative estimate of drug-likeness (QED) is 0.499. The van der Waals surface area contributed by atoms with Gasteiger partial charge in [-0.2, -0.15) is 0 Å². The number of methoxy groups -OCH3 is 1. The molecule has 5 atom stereocenters. The lowest BCUT2D eigenvalue weighted by Crippen LogP contribution is -2.65. The second-order valence-corrected chi connectivity index (χ2v) is 8.47. The molecule has 0 radical (unpaired) electrons. The second kappa shape index (κ2) is 11.5. The lowest BCUT2D eigenvalue weighted by molar-refractivity contribution is -0.307. The maximum absolute atomic E-state index is 13.2. The van der Waals surface area contributed by atoms with E-state index >= 15 is 0 Å². The number of aliphatic hydroxyl groups is 1. The Morgan fingerprint density at radius 1 is 1.18 bits per heavy atom. The minimum Gasteiger partial charge on any atom is -0.497 e. The molecule has 0 saturated carbocycles. The van der Waals surface area contributed by atoms with Gasteiger partial charge in [-0.3, -0.25) is 4.79 Å². The highest BCUT2D eigenvalue weighted by atomic mass is 16.7. The van der Waals surface area contributed by atoms with E-state index in [1.165, 1.54) is 4.90 Å². The Labute approximate surface area is 201 Å². The van der Waals surface area contributed by atoms with E-state index in [-0.39, 0.29) is 12.6 Å². The van der Waals surface area contributed by atoms with Crippen molar-refractivity contribution in [2.45, 2.75) is 56.8 Å². The molecule has 184 valence electrons. The molecule has 0 bridgehead atoms. The third-order valence-corrected chi connectivity index (χ3v) is 6.20. The van der Waals surface area contributed by atoms with Crippen LogP contribution in [0.5, 0.6) is 11.5 Å². The number of rotatable bonds is 11. The summed E-state index contributed by atoms with van der Waals surface area (Å²) in [5.74, 6) is -1.25. The van der Waals surface area contributed by atoms with Gasteiger partial charge in [-0.05, 0) is 49.6 Å². The average Bonchev–Trinajstić information content (AvgIpc) is 2.87. The molecule has 34 heavy (non-hydrogen) atoms. The summed E-state index contributed by atoms with van der Waals surface area (Å²) in [5.41, 5.74) is 0.883. The highest BCUT2D eigenvalue weighted by Crippen LogP contribution is 2.38. The molecule has 1 N–H and O–H groups in total. The molecule has 7 heteroatoms. The topological polar surface area (TPSA) is 77.5 Å². The predicted octanol–water partition coefficient (Wildman–Crippen LogP) is 4.12. The van der Waals surface area contributed by atoms with Crippen molar-refractivity contribution in [2.24, 2.45) is 0 Å². The van der Waals surface area contributed by atoms with E-state index in [1.54, 1.807) is 20.2 Å². The third-order valence-electron chi connectivity index (χ3n) is 6.20. The van der Waals surface area contributed by atoms with Crippen molar-refractivity contribution in [3.63, 3.8) is 0 Å². The van der Waals surface area contributed by atoms with Crippen LogP contribution >= 0.6 is 0 Å². The van der Waals surface area contributed by atoms with Crippen LogP contribution in [0.1, 0.15) is 38.4 Å². The summed E-state index contributed by atoms with van der Waals surface area (Å²) in [5, 5.41) is 11.6. The van der Waals surface area contributed by atoms with E-state index in [0.29, 0.717) is 18.6 Å². The van der Waals surface area contributed by atoms with E-state index in [4.69, 9.17) is 18.9 Å². The standard InChI is InChI=1S/C27H35NO6/c1-6-11-23(18-32-22-16-14-21(31-5)15-17-22)33-24(7-2)27(30)26(29)28(4)19(3)25(34-27)20-12-9-8-10-13-20/h6,8-10,12-17,19,23-25,30H,1,7,11,18H2,2-5H3/t19-,23+,24+,25-,27-/m0/s1. The number of ether oxygens (including phenoxy) is 4. The molecule has 1 saturated heterocycles. The van der Waals surface area contributed by atoms with Crippen molar-refractivity contribution in [1.82, 2.24) is 4.90 Å². The number of morpholine rings is 1. The molecule has 2 aromatic rings. The molecular formula is C27H35NO6. The highest BCUT2D eigenvalue weighted by Gasteiger charge is 2.55. The molecule has 3 rings (SSSR count). The molecule has 1 amide bonds. The van der Waals surface area contributed by atoms with Gasteiger partial charge in [0, 0.05) is 7.05 Å². The Balaban J connectivity index is 1.77. The summed E-state index contributed by atoms with van der Waals surface area (Å²) in [6.07, 6.45) is 0.729. The summed E-state index contributed by atoms with van der Waals surface area (Å²) in [7, 11) is 3.28. The summed E-state index contributed by atoms with van der Waals surface area (Å²) in [4.78, 5) is 14.8. The Kier molecular flexibility index (Phi) is 8.72. The molecule has 0 aliphatic carbocycles. The molecule has 7 nitrogen and oxygen atoms in total. The molecular weight excluding hydrogens is 434 g/mol. The lowest BCUT2D eigenvalue weighted by Gasteiger charge is -2.48. The molecule has 0 aromatic heterocycles. The zero-order valence-electron chi connectivity index (χ0n) is 20.3. The van der Waals surface area contributed by atoms with Gasteiger partial charge in [0.15, 0.2) is 0 Å². The first-order chi connectivity index (χ1) is 16.3. The van der Waals surface area contributed by atoms with Crippen molar-refractivity contribution in [3.05, 3.63) is 72.8 Å². The number of hydrogen-bond donors (Lipinski definition) is 1. The van der Waals surface area contributed by atoms with Gasteiger partial charge in [0.1, 0.15) is 30.3 Å². The SMILES string of the molecule is C=CC[C@H](COc1ccc(OC)cc1)O[C@H](CC)[C@]1(O)O[C@H](c2ccccc2)[C@H](C)N(C)C1=O. The molecule has 0 spiro atoms. The number of likely N-dealkylation sites (N-methyl/N-ethyl adjacent to an activating group) is 1. The Hall–Kier alpha value is -2.87. The minimum atomic E-state index is -2.13. The van der Waals surface area contributed by atoms with E-state index in [1.807, 2.05) is 68.4 Å². The molecule has 2 aromatic carbocycles. The van der Waals surface area contributed by atoms with Gasteiger partial charge in [0.05, 0.1) is 19.3 Å². The van der Waals surface area contributed by atoms with Crippen LogP contribution in [0.25, 0.3) is 0 Å². The smallest absolute Gasteiger partial charge is 0.285 e. The first-order valence-corrected chi connectivity index (χ1v) is 11.6. The average molecular weight is 470 g/mol. The molecule has 1 heterocycles. The fourth-order valence-electron chi connectivity index (χ4n) is 4.09. The van der Waals surface area contributed by atoms with Gasteiger partial charge >= 0.3 is 0 Å². The van der Waals surface area contributed by atoms with Gasteiger partial charge in [0.2, 0.25) is 0 Å². The first-order valence-electron chi connectivity index (χ1n) is 11.6. The van der Waals surface area contributed by atoms with Crippen molar-refractivity contribution in [2.75, 3.05) is 20.8 Å². The van der Waals surface area contributed by atoms with Crippen LogP contribution in [0.4, 0.5) is 0 Å². The number of carbonyl (C=O) groups is 1. The van der Waals surface area contributed by atoms with Crippen molar-refractivity contribution < 1.29 is 28.8 Å². The van der Waals surface area contributed by atoms with Crippen LogP contribution in [0.3, 0.4) is 0 Å². The largest absolute Gasteiger partial charge is 0.497 e. The fraction of sp³-hybridized carbons (Fsp3) is 0.444. The maximum atomic E-state index is 13.2. The lowest BCUT2D eigenvalue weighted by atomic mass is 9.95. The Morgan fingerprint density at radius 3 is 2.41 bits per heavy atom. The van der Waals surface area contributed by atoms with E-state index in [0.717, 1.165) is 11.3 Å².